The van der Waals surface area contributed by atoms with E-state index in [1.807, 2.05) is 42.5 Å². The van der Waals surface area contributed by atoms with Crippen LogP contribution in [0.3, 0.4) is 0 Å². The van der Waals surface area contributed by atoms with Gasteiger partial charge in [0.25, 0.3) is 5.91 Å². The van der Waals surface area contributed by atoms with E-state index in [-0.39, 0.29) is 11.5 Å². The van der Waals surface area contributed by atoms with E-state index in [0.29, 0.717) is 11.3 Å². The number of amides is 1. The van der Waals surface area contributed by atoms with E-state index in [0.717, 1.165) is 11.8 Å². The Hall–Kier alpha value is -2.88. The second-order valence-corrected chi connectivity index (χ2v) is 4.39. The quantitative estimate of drug-likeness (QED) is 0.849. The van der Waals surface area contributed by atoms with Gasteiger partial charge in [-0.1, -0.05) is 36.4 Å². The van der Waals surface area contributed by atoms with Crippen LogP contribution in [-0.4, -0.2) is 17.0 Å². The van der Waals surface area contributed by atoms with Gasteiger partial charge in [-0.15, -0.1) is 0 Å². The molecule has 0 saturated heterocycles. The number of aliphatic carboxylic acids is 1. The first-order chi connectivity index (χ1) is 9.68. The number of anilines is 2. The molecule has 0 radical (unpaired) electrons. The van der Waals surface area contributed by atoms with Crippen LogP contribution in [0.5, 0.6) is 0 Å². The van der Waals surface area contributed by atoms with Crippen LogP contribution in [0, 0.1) is 0 Å². The molecule has 0 atom stereocenters. The zero-order valence-corrected chi connectivity index (χ0v) is 10.5. The lowest BCUT2D eigenvalue weighted by Gasteiger charge is -2.16. The van der Waals surface area contributed by atoms with Gasteiger partial charge < -0.3 is 5.11 Å². The molecule has 0 saturated carbocycles. The second kappa shape index (κ2) is 4.66. The maximum Gasteiger partial charge on any atom is 0.329 e. The molecule has 3 rings (SSSR count). The van der Waals surface area contributed by atoms with Crippen LogP contribution in [0.1, 0.15) is 5.56 Å². The van der Waals surface area contributed by atoms with Crippen molar-refractivity contribution in [3.05, 3.63) is 66.2 Å². The van der Waals surface area contributed by atoms with Crippen molar-refractivity contribution >= 4 is 28.8 Å². The number of benzene rings is 2. The van der Waals surface area contributed by atoms with Crippen LogP contribution in [0.2, 0.25) is 0 Å². The van der Waals surface area contributed by atoms with Crippen LogP contribution in [0.15, 0.2) is 60.7 Å². The van der Waals surface area contributed by atoms with Crippen molar-refractivity contribution in [2.75, 3.05) is 4.90 Å². The Morgan fingerprint density at radius 1 is 1.00 bits per heavy atom. The highest BCUT2D eigenvalue weighted by atomic mass is 16.4. The number of carboxylic acids is 1. The van der Waals surface area contributed by atoms with Gasteiger partial charge >= 0.3 is 5.97 Å². The summed E-state index contributed by atoms with van der Waals surface area (Å²) in [6.07, 6.45) is 0.962. The number of carbonyl (C=O) groups is 2. The number of rotatable bonds is 2. The molecule has 20 heavy (non-hydrogen) atoms. The number of para-hydroxylation sites is 2. The van der Waals surface area contributed by atoms with Crippen LogP contribution in [-0.2, 0) is 9.59 Å². The summed E-state index contributed by atoms with van der Waals surface area (Å²) in [5.74, 6) is -1.45. The third-order valence-corrected chi connectivity index (χ3v) is 3.15. The van der Waals surface area contributed by atoms with Crippen LogP contribution in [0.4, 0.5) is 11.4 Å². The highest BCUT2D eigenvalue weighted by Crippen LogP contribution is 2.40. The Kier molecular flexibility index (Phi) is 2.84. The van der Waals surface area contributed by atoms with E-state index in [2.05, 4.69) is 0 Å². The summed E-state index contributed by atoms with van der Waals surface area (Å²) in [4.78, 5) is 24.9. The van der Waals surface area contributed by atoms with E-state index in [9.17, 15) is 9.59 Å². The van der Waals surface area contributed by atoms with E-state index < -0.39 is 5.97 Å². The summed E-state index contributed by atoms with van der Waals surface area (Å²) in [6, 6.07) is 16.4. The predicted molar refractivity (Wildman–Crippen MR) is 75.6 cm³/mol. The molecule has 1 amide bonds. The topological polar surface area (TPSA) is 57.6 Å². The Bertz CT molecular complexity index is 720. The SMILES string of the molecule is O=C(O)/C=C1/C(=O)N(c2ccccc2)c2ccccc21. The van der Waals surface area contributed by atoms with Crippen molar-refractivity contribution in [1.29, 1.82) is 0 Å². The highest BCUT2D eigenvalue weighted by Gasteiger charge is 2.33. The average molecular weight is 265 g/mol. The maximum absolute atomic E-state index is 12.5. The zero-order chi connectivity index (χ0) is 14.1. The average Bonchev–Trinajstić information content (AvgIpc) is 2.72. The fourth-order valence-electron chi connectivity index (χ4n) is 2.34. The van der Waals surface area contributed by atoms with Crippen molar-refractivity contribution in [3.63, 3.8) is 0 Å². The first-order valence-electron chi connectivity index (χ1n) is 6.12. The second-order valence-electron chi connectivity index (χ2n) is 4.39. The number of hydrogen-bond donors (Lipinski definition) is 1. The van der Waals surface area contributed by atoms with Gasteiger partial charge in [-0.2, -0.15) is 0 Å². The van der Waals surface area contributed by atoms with Crippen molar-refractivity contribution in [2.24, 2.45) is 0 Å². The minimum absolute atomic E-state index is 0.206. The van der Waals surface area contributed by atoms with Crippen LogP contribution in [0.25, 0.3) is 5.57 Å². The zero-order valence-electron chi connectivity index (χ0n) is 10.5. The molecular weight excluding hydrogens is 254 g/mol. The fraction of sp³-hybridized carbons (Fsp3) is 0. The molecule has 0 unspecified atom stereocenters. The molecule has 1 N–H and O–H groups in total. The van der Waals surface area contributed by atoms with Crippen molar-refractivity contribution < 1.29 is 14.7 Å². The molecule has 1 aliphatic heterocycles. The normalized spacial score (nSPS) is 15.5. The monoisotopic (exact) mass is 265 g/mol. The summed E-state index contributed by atoms with van der Waals surface area (Å²) in [5, 5.41) is 8.93. The molecule has 0 aromatic heterocycles. The third-order valence-electron chi connectivity index (χ3n) is 3.15. The standard InChI is InChI=1S/C16H11NO3/c18-15(19)10-13-12-8-4-5-9-14(12)17(16(13)20)11-6-2-1-3-7-11/h1-10H,(H,18,19)/b13-10+. The molecule has 0 bridgehead atoms. The third kappa shape index (κ3) is 1.87. The molecule has 2 aromatic rings. The molecule has 1 heterocycles. The minimum Gasteiger partial charge on any atom is -0.478 e. The molecular formula is C16H11NO3. The van der Waals surface area contributed by atoms with E-state index in [1.165, 1.54) is 4.90 Å². The van der Waals surface area contributed by atoms with Gasteiger partial charge in [0.2, 0.25) is 0 Å². The molecule has 4 heteroatoms. The number of carboxylic acid groups (broad SMARTS) is 1. The minimum atomic E-state index is -1.13. The molecule has 1 aliphatic rings. The maximum atomic E-state index is 12.5. The fourth-order valence-corrected chi connectivity index (χ4v) is 2.34. The number of fused-ring (bicyclic) bond motifs is 1. The summed E-state index contributed by atoms with van der Waals surface area (Å²) >= 11 is 0. The van der Waals surface area contributed by atoms with Gasteiger partial charge in [0, 0.05) is 17.3 Å². The molecule has 0 spiro atoms. The lowest BCUT2D eigenvalue weighted by atomic mass is 10.1. The summed E-state index contributed by atoms with van der Waals surface area (Å²) in [5.41, 5.74) is 2.27. The smallest absolute Gasteiger partial charge is 0.329 e. The first-order valence-corrected chi connectivity index (χ1v) is 6.12. The van der Waals surface area contributed by atoms with Crippen LogP contribution >= 0.6 is 0 Å². The Morgan fingerprint density at radius 3 is 2.35 bits per heavy atom. The van der Waals surface area contributed by atoms with E-state index in [4.69, 9.17) is 5.11 Å². The molecule has 98 valence electrons. The Balaban J connectivity index is 2.20. The van der Waals surface area contributed by atoms with Gasteiger partial charge in [0.05, 0.1) is 11.3 Å². The van der Waals surface area contributed by atoms with Gasteiger partial charge in [-0.25, -0.2) is 4.79 Å². The first kappa shape index (κ1) is 12.2. The number of nitrogens with zero attached hydrogens (tertiary/aromatic N) is 1. The molecule has 0 fully saturated rings. The number of hydrogen-bond acceptors (Lipinski definition) is 2. The largest absolute Gasteiger partial charge is 0.478 e. The van der Waals surface area contributed by atoms with Crippen LogP contribution < -0.4 is 4.90 Å². The van der Waals surface area contributed by atoms with Gasteiger partial charge in [0.1, 0.15) is 0 Å². The van der Waals surface area contributed by atoms with E-state index in [1.54, 1.807) is 12.1 Å². The van der Waals surface area contributed by atoms with Crippen molar-refractivity contribution in [3.8, 4) is 0 Å². The van der Waals surface area contributed by atoms with Gasteiger partial charge in [-0.3, -0.25) is 9.69 Å². The lowest BCUT2D eigenvalue weighted by Crippen LogP contribution is -2.20. The predicted octanol–water partition coefficient (Wildman–Crippen LogP) is 2.83. The molecule has 2 aromatic carbocycles. The van der Waals surface area contributed by atoms with Gasteiger partial charge in [-0.05, 0) is 18.2 Å². The van der Waals surface area contributed by atoms with E-state index >= 15 is 0 Å². The van der Waals surface area contributed by atoms with Gasteiger partial charge in [0.15, 0.2) is 0 Å². The summed E-state index contributed by atoms with van der Waals surface area (Å²) < 4.78 is 0. The Morgan fingerprint density at radius 2 is 1.65 bits per heavy atom. The molecule has 4 nitrogen and oxygen atoms in total. The lowest BCUT2D eigenvalue weighted by molar-refractivity contribution is -0.131. The van der Waals surface area contributed by atoms with Crippen molar-refractivity contribution in [2.45, 2.75) is 0 Å². The number of carbonyl (C=O) groups excluding carboxylic acids is 1. The highest BCUT2D eigenvalue weighted by molar-refractivity contribution is 6.36. The summed E-state index contributed by atoms with van der Waals surface area (Å²) in [7, 11) is 0. The summed E-state index contributed by atoms with van der Waals surface area (Å²) in [6.45, 7) is 0. The Labute approximate surface area is 115 Å². The molecule has 0 aliphatic carbocycles. The van der Waals surface area contributed by atoms with Crippen molar-refractivity contribution in [1.82, 2.24) is 0 Å².